The summed E-state index contributed by atoms with van der Waals surface area (Å²) in [7, 11) is -3.45. The van der Waals surface area contributed by atoms with E-state index in [0.717, 1.165) is 43.2 Å². The maximum absolute atomic E-state index is 13.1. The van der Waals surface area contributed by atoms with Gasteiger partial charge in [-0.25, -0.2) is 8.42 Å². The van der Waals surface area contributed by atoms with Gasteiger partial charge in [0.2, 0.25) is 10.0 Å². The van der Waals surface area contributed by atoms with Gasteiger partial charge in [0, 0.05) is 18.3 Å². The van der Waals surface area contributed by atoms with Gasteiger partial charge in [-0.05, 0) is 56.4 Å². The van der Waals surface area contributed by atoms with Crippen molar-refractivity contribution in [2.24, 2.45) is 0 Å². The van der Waals surface area contributed by atoms with Gasteiger partial charge in [0.25, 0.3) is 0 Å². The Balaban J connectivity index is 2.50. The minimum Gasteiger partial charge on any atom is -0.399 e. The fourth-order valence-electron chi connectivity index (χ4n) is 3.38. The van der Waals surface area contributed by atoms with E-state index in [9.17, 15) is 8.42 Å². The topological polar surface area (TPSA) is 63.4 Å². The number of rotatable bonds is 3. The van der Waals surface area contributed by atoms with Crippen LogP contribution in [0.25, 0.3) is 0 Å². The Morgan fingerprint density at radius 3 is 2.38 bits per heavy atom. The van der Waals surface area contributed by atoms with Gasteiger partial charge >= 0.3 is 0 Å². The molecule has 0 aromatic heterocycles. The third-order valence-corrected chi connectivity index (χ3v) is 6.60. The van der Waals surface area contributed by atoms with Crippen molar-refractivity contribution in [1.29, 1.82) is 0 Å². The van der Waals surface area contributed by atoms with E-state index in [0.29, 0.717) is 17.1 Å². The van der Waals surface area contributed by atoms with Crippen molar-refractivity contribution in [2.45, 2.75) is 63.8 Å². The summed E-state index contributed by atoms with van der Waals surface area (Å²) in [5.41, 5.74) is 7.92. The molecule has 0 amide bonds. The van der Waals surface area contributed by atoms with Crippen LogP contribution in [0.15, 0.2) is 17.0 Å². The molecule has 0 spiro atoms. The van der Waals surface area contributed by atoms with Crippen molar-refractivity contribution in [2.75, 3.05) is 12.3 Å². The lowest BCUT2D eigenvalue weighted by molar-refractivity contribution is 0.315. The molecule has 0 aliphatic carbocycles. The van der Waals surface area contributed by atoms with E-state index >= 15 is 0 Å². The second-order valence-corrected chi connectivity index (χ2v) is 7.84. The zero-order chi connectivity index (χ0) is 15.6. The summed E-state index contributed by atoms with van der Waals surface area (Å²) in [4.78, 5) is 0.442. The number of aryl methyl sites for hydroxylation is 2. The maximum atomic E-state index is 13.1. The molecule has 21 heavy (non-hydrogen) atoms. The molecule has 4 nitrogen and oxygen atoms in total. The van der Waals surface area contributed by atoms with Gasteiger partial charge in [0.05, 0.1) is 4.90 Å². The van der Waals surface area contributed by atoms with E-state index in [1.807, 2.05) is 13.8 Å². The molecule has 1 aromatic rings. The number of nitrogens with zero attached hydrogens (tertiary/aromatic N) is 1. The molecular formula is C16H26N2O2S. The average molecular weight is 310 g/mol. The quantitative estimate of drug-likeness (QED) is 0.872. The van der Waals surface area contributed by atoms with E-state index in [1.165, 1.54) is 0 Å². The molecule has 2 rings (SSSR count). The maximum Gasteiger partial charge on any atom is 0.243 e. The SMILES string of the molecule is CCC1CCCCCN1S(=O)(=O)c1c(C)cc(N)cc1C. The highest BCUT2D eigenvalue weighted by atomic mass is 32.2. The summed E-state index contributed by atoms with van der Waals surface area (Å²) in [5.74, 6) is 0. The Labute approximate surface area is 128 Å². The molecule has 1 atom stereocenters. The first-order valence-electron chi connectivity index (χ1n) is 7.76. The molecule has 1 saturated heterocycles. The highest BCUT2D eigenvalue weighted by molar-refractivity contribution is 7.89. The van der Waals surface area contributed by atoms with E-state index < -0.39 is 10.0 Å². The smallest absolute Gasteiger partial charge is 0.243 e. The molecule has 1 aliphatic rings. The van der Waals surface area contributed by atoms with Crippen molar-refractivity contribution in [3.63, 3.8) is 0 Å². The lowest BCUT2D eigenvalue weighted by Crippen LogP contribution is -2.40. The predicted molar refractivity (Wildman–Crippen MR) is 86.8 cm³/mol. The highest BCUT2D eigenvalue weighted by Crippen LogP contribution is 2.31. The van der Waals surface area contributed by atoms with E-state index in [1.54, 1.807) is 16.4 Å². The van der Waals surface area contributed by atoms with Gasteiger partial charge in [-0.3, -0.25) is 0 Å². The van der Waals surface area contributed by atoms with Crippen LogP contribution in [0.3, 0.4) is 0 Å². The highest BCUT2D eigenvalue weighted by Gasteiger charge is 2.33. The fourth-order valence-corrected chi connectivity index (χ4v) is 5.57. The fraction of sp³-hybridized carbons (Fsp3) is 0.625. The minimum atomic E-state index is -3.45. The third kappa shape index (κ3) is 3.24. The lowest BCUT2D eigenvalue weighted by Gasteiger charge is -2.29. The summed E-state index contributed by atoms with van der Waals surface area (Å²) in [6, 6.07) is 3.62. The summed E-state index contributed by atoms with van der Waals surface area (Å²) in [6.07, 6.45) is 5.00. The number of anilines is 1. The number of sulfonamides is 1. The molecule has 2 N–H and O–H groups in total. The van der Waals surface area contributed by atoms with Gasteiger partial charge in [-0.2, -0.15) is 4.31 Å². The molecule has 1 aliphatic heterocycles. The van der Waals surface area contributed by atoms with E-state index in [-0.39, 0.29) is 6.04 Å². The van der Waals surface area contributed by atoms with Crippen LogP contribution in [-0.4, -0.2) is 25.3 Å². The molecule has 0 saturated carbocycles. The first-order chi connectivity index (χ1) is 9.87. The number of nitrogen functional groups attached to an aromatic ring is 1. The Kier molecular flexibility index (Phi) is 4.94. The predicted octanol–water partition coefficient (Wildman–Crippen LogP) is 3.23. The van der Waals surface area contributed by atoms with Gasteiger partial charge in [0.15, 0.2) is 0 Å². The van der Waals surface area contributed by atoms with Crippen LogP contribution in [0, 0.1) is 13.8 Å². The Morgan fingerprint density at radius 1 is 1.19 bits per heavy atom. The number of nitrogens with two attached hydrogens (primary N) is 1. The zero-order valence-corrected chi connectivity index (χ0v) is 14.0. The summed E-state index contributed by atoms with van der Waals surface area (Å²) < 4.78 is 28.0. The first kappa shape index (κ1) is 16.3. The molecule has 1 heterocycles. The zero-order valence-electron chi connectivity index (χ0n) is 13.2. The molecule has 1 unspecified atom stereocenters. The van der Waals surface area contributed by atoms with Crippen molar-refractivity contribution in [1.82, 2.24) is 4.31 Å². The number of benzene rings is 1. The van der Waals surface area contributed by atoms with Gasteiger partial charge in [0.1, 0.15) is 0 Å². The summed E-state index contributed by atoms with van der Waals surface area (Å²) in [6.45, 7) is 6.36. The number of hydrogen-bond acceptors (Lipinski definition) is 3. The largest absolute Gasteiger partial charge is 0.399 e. The average Bonchev–Trinajstić information content (AvgIpc) is 2.62. The lowest BCUT2D eigenvalue weighted by atomic mass is 10.1. The van der Waals surface area contributed by atoms with Crippen molar-refractivity contribution < 1.29 is 8.42 Å². The Hall–Kier alpha value is -1.07. The van der Waals surface area contributed by atoms with Crippen LogP contribution in [0.2, 0.25) is 0 Å². The molecular weight excluding hydrogens is 284 g/mol. The second kappa shape index (κ2) is 6.36. The van der Waals surface area contributed by atoms with Crippen LogP contribution >= 0.6 is 0 Å². The third-order valence-electron chi connectivity index (χ3n) is 4.34. The van der Waals surface area contributed by atoms with E-state index in [4.69, 9.17) is 5.73 Å². The second-order valence-electron chi connectivity index (χ2n) is 6.01. The molecule has 0 bridgehead atoms. The molecule has 118 valence electrons. The summed E-state index contributed by atoms with van der Waals surface area (Å²) in [5, 5.41) is 0. The van der Waals surface area contributed by atoms with Crippen molar-refractivity contribution in [3.05, 3.63) is 23.3 Å². The minimum absolute atomic E-state index is 0.119. The van der Waals surface area contributed by atoms with Crippen LogP contribution in [0.1, 0.15) is 50.2 Å². The van der Waals surface area contributed by atoms with Gasteiger partial charge in [-0.15, -0.1) is 0 Å². The van der Waals surface area contributed by atoms with Crippen LogP contribution in [0.5, 0.6) is 0 Å². The monoisotopic (exact) mass is 310 g/mol. The van der Waals surface area contributed by atoms with Gasteiger partial charge < -0.3 is 5.73 Å². The molecule has 1 fully saturated rings. The van der Waals surface area contributed by atoms with Crippen LogP contribution in [0.4, 0.5) is 5.69 Å². The van der Waals surface area contributed by atoms with Crippen molar-refractivity contribution >= 4 is 15.7 Å². The molecule has 5 heteroatoms. The van der Waals surface area contributed by atoms with E-state index in [2.05, 4.69) is 6.92 Å². The Bertz CT molecular complexity index is 588. The standard InChI is InChI=1S/C16H26N2O2S/c1-4-15-8-6-5-7-9-18(15)21(19,20)16-12(2)10-14(17)11-13(16)3/h10-11,15H,4-9,17H2,1-3H3. The molecule has 0 radical (unpaired) electrons. The van der Waals surface area contributed by atoms with Crippen molar-refractivity contribution in [3.8, 4) is 0 Å². The first-order valence-corrected chi connectivity index (χ1v) is 9.20. The van der Waals surface area contributed by atoms with Gasteiger partial charge in [-0.1, -0.05) is 19.8 Å². The molecule has 1 aromatic carbocycles. The van der Waals surface area contributed by atoms with Crippen LogP contribution in [-0.2, 0) is 10.0 Å². The van der Waals surface area contributed by atoms with Crippen LogP contribution < -0.4 is 5.73 Å². The normalized spacial score (nSPS) is 21.2. The Morgan fingerprint density at radius 2 is 1.81 bits per heavy atom. The summed E-state index contributed by atoms with van der Waals surface area (Å²) >= 11 is 0. The number of hydrogen-bond donors (Lipinski definition) is 1.